The van der Waals surface area contributed by atoms with Gasteiger partial charge in [-0.15, -0.1) is 0 Å². The molecule has 0 amide bonds. The van der Waals surface area contributed by atoms with E-state index in [-0.39, 0.29) is 19.3 Å². The first-order valence-corrected chi connectivity index (χ1v) is 43.1. The van der Waals surface area contributed by atoms with Gasteiger partial charge in [-0.2, -0.15) is 0 Å². The molecule has 0 aromatic rings. The first-order chi connectivity index (χ1) is 50.2. The van der Waals surface area contributed by atoms with Crippen molar-refractivity contribution >= 4 is 33.6 Å². The van der Waals surface area contributed by atoms with E-state index in [1.54, 1.807) is 0 Å². The zero-order valence-corrected chi connectivity index (χ0v) is 66.2. The molecule has 0 radical (unpaired) electrons. The van der Waals surface area contributed by atoms with Crippen LogP contribution in [0.1, 0.15) is 316 Å². The molecule has 0 aromatic carbocycles. The largest absolute Gasteiger partial charge is 0.472 e. The number of hydrogen-bond donors (Lipinski definition) is 4. The summed E-state index contributed by atoms with van der Waals surface area (Å²) in [5.74, 6) is -1.60. The standard InChI is InChI=1S/C85H144O16P2/c1-4-7-10-13-16-19-22-25-27-29-31-33-35-37-38-39-40-42-44-45-47-49-51-54-56-59-62-65-68-71-83(88)95-74-80(86)75-97-102(91,92)98-76-81(87)77-99-103(93,94)100-79-82(101-85(90)73-70-67-64-61-58-53-24-21-18-15-12-9-6-3)78-96-84(89)72-69-66-63-60-57-55-52-50-48-46-43-41-36-34-32-30-28-26-23-20-17-14-11-8-5-2/h7-8,10-12,15-17,19-21,24-28,31-34,37-38,41,43,80-82,86-87H,4-6,9,13-14,18,22-23,29-30,35-36,39-40,42,44-79H2,1-3H3,(H,91,92)(H,93,94)/b10-7-,11-8-,15-12-,19-16-,20-17-,24-21-,27-25-,28-26-,33-31-,34-32-,38-37-,43-41-. The predicted molar refractivity (Wildman–Crippen MR) is 426 cm³/mol. The van der Waals surface area contributed by atoms with Gasteiger partial charge in [-0.25, -0.2) is 9.13 Å². The topological polar surface area (TPSA) is 231 Å². The molecule has 5 atom stereocenters. The van der Waals surface area contributed by atoms with E-state index in [9.17, 15) is 43.5 Å². The fourth-order valence-electron chi connectivity index (χ4n) is 10.5. The normalized spacial score (nSPS) is 14.7. The van der Waals surface area contributed by atoms with E-state index in [1.165, 1.54) is 83.5 Å². The zero-order chi connectivity index (χ0) is 75.2. The summed E-state index contributed by atoms with van der Waals surface area (Å²) in [6.07, 6.45) is 94.7. The summed E-state index contributed by atoms with van der Waals surface area (Å²) in [7, 11) is -9.80. The fraction of sp³-hybridized carbons (Fsp3) is 0.682. The van der Waals surface area contributed by atoms with E-state index in [0.29, 0.717) is 19.3 Å². The van der Waals surface area contributed by atoms with Gasteiger partial charge in [-0.1, -0.05) is 308 Å². The molecule has 590 valence electrons. The van der Waals surface area contributed by atoms with Crippen LogP contribution in [0.3, 0.4) is 0 Å². The number of aliphatic hydroxyl groups excluding tert-OH is 2. The lowest BCUT2D eigenvalue weighted by Crippen LogP contribution is -2.30. The predicted octanol–water partition coefficient (Wildman–Crippen LogP) is 23.7. The number of allylic oxidation sites excluding steroid dienone is 24. The van der Waals surface area contributed by atoms with Crippen LogP contribution in [0.5, 0.6) is 0 Å². The maximum Gasteiger partial charge on any atom is 0.472 e. The van der Waals surface area contributed by atoms with E-state index in [0.717, 1.165) is 173 Å². The van der Waals surface area contributed by atoms with E-state index in [2.05, 4.69) is 167 Å². The van der Waals surface area contributed by atoms with Crippen LogP contribution < -0.4 is 0 Å². The highest BCUT2D eigenvalue weighted by Crippen LogP contribution is 2.45. The van der Waals surface area contributed by atoms with E-state index >= 15 is 0 Å². The molecule has 18 heteroatoms. The number of rotatable bonds is 75. The fourth-order valence-corrected chi connectivity index (χ4v) is 12.1. The molecule has 0 aliphatic carbocycles. The summed E-state index contributed by atoms with van der Waals surface area (Å²) in [5, 5.41) is 20.6. The third-order valence-corrected chi connectivity index (χ3v) is 18.4. The molecular formula is C85H144O16P2. The summed E-state index contributed by atoms with van der Waals surface area (Å²) in [6, 6.07) is 0. The Morgan fingerprint density at radius 2 is 0.515 bits per heavy atom. The third-order valence-electron chi connectivity index (χ3n) is 16.5. The number of esters is 3. The smallest absolute Gasteiger partial charge is 0.463 e. The van der Waals surface area contributed by atoms with Crippen LogP contribution in [0.15, 0.2) is 146 Å². The Balaban J connectivity index is 4.50. The zero-order valence-electron chi connectivity index (χ0n) is 64.4. The molecule has 4 N–H and O–H groups in total. The maximum atomic E-state index is 12.9. The van der Waals surface area contributed by atoms with Gasteiger partial charge in [-0.05, 0) is 135 Å². The Hall–Kier alpha value is -4.57. The van der Waals surface area contributed by atoms with Crippen LogP contribution in [0.25, 0.3) is 0 Å². The second-order valence-electron chi connectivity index (χ2n) is 26.5. The molecule has 16 nitrogen and oxygen atoms in total. The maximum absolute atomic E-state index is 12.9. The number of phosphoric acid groups is 2. The number of ether oxygens (including phenoxy) is 3. The molecule has 0 aliphatic heterocycles. The average Bonchev–Trinajstić information content (AvgIpc) is 0.923. The van der Waals surface area contributed by atoms with Crippen molar-refractivity contribution in [3.8, 4) is 0 Å². The second-order valence-corrected chi connectivity index (χ2v) is 29.4. The van der Waals surface area contributed by atoms with Crippen LogP contribution in [0.4, 0.5) is 0 Å². The van der Waals surface area contributed by atoms with E-state index < -0.39 is 91.5 Å². The van der Waals surface area contributed by atoms with Gasteiger partial charge in [-0.3, -0.25) is 32.5 Å². The number of carbonyl (C=O) groups is 3. The first-order valence-electron chi connectivity index (χ1n) is 40.1. The lowest BCUT2D eigenvalue weighted by molar-refractivity contribution is -0.161. The second kappa shape index (κ2) is 77.1. The Labute approximate surface area is 626 Å². The third kappa shape index (κ3) is 78.3. The molecule has 0 spiro atoms. The molecule has 0 saturated heterocycles. The lowest BCUT2D eigenvalue weighted by atomic mass is 10.0. The highest BCUT2D eigenvalue weighted by atomic mass is 31.2. The highest BCUT2D eigenvalue weighted by Gasteiger charge is 2.29. The highest BCUT2D eigenvalue weighted by molar-refractivity contribution is 7.47. The molecule has 0 bridgehead atoms. The number of phosphoric ester groups is 2. The van der Waals surface area contributed by atoms with Crippen molar-refractivity contribution in [2.24, 2.45) is 0 Å². The van der Waals surface area contributed by atoms with Gasteiger partial charge in [0.25, 0.3) is 0 Å². The summed E-state index contributed by atoms with van der Waals surface area (Å²) >= 11 is 0. The molecule has 0 heterocycles. The molecule has 0 rings (SSSR count). The minimum atomic E-state index is -4.94. The quantitative estimate of drug-likeness (QED) is 0.0146. The van der Waals surface area contributed by atoms with Gasteiger partial charge in [0.05, 0.1) is 26.4 Å². The number of carbonyl (C=O) groups excluding carboxylic acids is 3. The van der Waals surface area contributed by atoms with Crippen LogP contribution in [0, 0.1) is 0 Å². The summed E-state index contributed by atoms with van der Waals surface area (Å²) in [4.78, 5) is 58.6. The Morgan fingerprint density at radius 3 is 0.816 bits per heavy atom. The molecule has 0 saturated carbocycles. The van der Waals surface area contributed by atoms with Crippen molar-refractivity contribution in [3.63, 3.8) is 0 Å². The van der Waals surface area contributed by atoms with Crippen molar-refractivity contribution in [2.75, 3.05) is 39.6 Å². The van der Waals surface area contributed by atoms with E-state index in [4.69, 9.17) is 32.3 Å². The van der Waals surface area contributed by atoms with Crippen molar-refractivity contribution in [1.82, 2.24) is 0 Å². The number of hydrogen-bond acceptors (Lipinski definition) is 14. The molecule has 103 heavy (non-hydrogen) atoms. The summed E-state index contributed by atoms with van der Waals surface area (Å²) in [6.45, 7) is 2.37. The minimum absolute atomic E-state index is 0.0840. The van der Waals surface area contributed by atoms with E-state index in [1.807, 2.05) is 0 Å². The average molecular weight is 1480 g/mol. The molecule has 0 aliphatic rings. The number of unbranched alkanes of at least 4 members (excludes halogenated alkanes) is 28. The van der Waals surface area contributed by atoms with Crippen LogP contribution in [-0.2, 0) is 55.8 Å². The Kier molecular flexibility index (Phi) is 73.6. The van der Waals surface area contributed by atoms with Crippen molar-refractivity contribution in [3.05, 3.63) is 146 Å². The molecule has 5 unspecified atom stereocenters. The first kappa shape index (κ1) is 98.4. The monoisotopic (exact) mass is 1480 g/mol. The summed E-state index contributed by atoms with van der Waals surface area (Å²) in [5.41, 5.74) is 0. The van der Waals surface area contributed by atoms with Gasteiger partial charge in [0.1, 0.15) is 25.4 Å². The van der Waals surface area contributed by atoms with Crippen molar-refractivity contribution in [1.29, 1.82) is 0 Å². The van der Waals surface area contributed by atoms with Gasteiger partial charge in [0, 0.05) is 19.3 Å². The van der Waals surface area contributed by atoms with Gasteiger partial charge < -0.3 is 34.2 Å². The number of aliphatic hydroxyl groups is 2. The summed E-state index contributed by atoms with van der Waals surface area (Å²) < 4.78 is 61.1. The van der Waals surface area contributed by atoms with Crippen LogP contribution in [0.2, 0.25) is 0 Å². The van der Waals surface area contributed by atoms with Crippen molar-refractivity contribution in [2.45, 2.75) is 334 Å². The van der Waals surface area contributed by atoms with Crippen molar-refractivity contribution < 1.29 is 75.8 Å². The van der Waals surface area contributed by atoms with Gasteiger partial charge in [0.2, 0.25) is 0 Å². The van der Waals surface area contributed by atoms with Gasteiger partial charge in [0.15, 0.2) is 6.10 Å². The molecule has 0 fully saturated rings. The Bertz CT molecular complexity index is 2450. The molecular weight excluding hydrogens is 1340 g/mol. The van der Waals surface area contributed by atoms with Crippen LogP contribution in [-0.4, -0.2) is 95.9 Å². The van der Waals surface area contributed by atoms with Crippen LogP contribution >= 0.6 is 15.6 Å². The minimum Gasteiger partial charge on any atom is -0.463 e. The Morgan fingerprint density at radius 1 is 0.282 bits per heavy atom. The SMILES string of the molecule is CC/C=C\C/C=C\C/C=C\C/C=C\C/C=C\CCCCCCCCCCCCCCCC(=O)OCC(O)COP(=O)(O)OCC(O)COP(=O)(O)OCC(COC(=O)CCCCCCCCCCC/C=C\C/C=C\C/C=C\C/C=C\C/C=C\CC)OC(=O)CCCCCCC/C=C\C/C=C\CCC. The lowest BCUT2D eigenvalue weighted by Gasteiger charge is -2.21. The van der Waals surface area contributed by atoms with Gasteiger partial charge >= 0.3 is 33.6 Å². The molecule has 0 aromatic heterocycles.